The van der Waals surface area contributed by atoms with Crippen molar-refractivity contribution < 1.29 is 9.50 Å². The molecule has 1 heterocycles. The molecule has 0 saturated heterocycles. The number of guanidine groups is 1. The molecule has 0 atom stereocenters. The van der Waals surface area contributed by atoms with Crippen LogP contribution in [0.15, 0.2) is 50.2 Å². The lowest BCUT2D eigenvalue weighted by Crippen LogP contribution is -2.24. The second kappa shape index (κ2) is 5.34. The third kappa shape index (κ3) is 2.59. The summed E-state index contributed by atoms with van der Waals surface area (Å²) < 4.78 is 18.3. The molecule has 0 amide bonds. The van der Waals surface area contributed by atoms with Crippen molar-refractivity contribution in [2.45, 2.75) is 4.90 Å². The van der Waals surface area contributed by atoms with Gasteiger partial charge in [0.05, 0.1) is 16.3 Å². The third-order valence-corrected chi connectivity index (χ3v) is 4.14. The molecule has 7 heteroatoms. The Morgan fingerprint density at radius 1 is 1.30 bits per heavy atom. The van der Waals surface area contributed by atoms with Crippen LogP contribution in [0.4, 0.5) is 15.8 Å². The molecule has 102 valence electrons. The normalized spacial score (nSPS) is 13.2. The van der Waals surface area contributed by atoms with Gasteiger partial charge in [-0.15, -0.1) is 0 Å². The highest BCUT2D eigenvalue weighted by Crippen LogP contribution is 2.39. The van der Waals surface area contributed by atoms with Gasteiger partial charge in [-0.2, -0.15) is 4.40 Å². The summed E-state index contributed by atoms with van der Waals surface area (Å²) >= 11 is 4.53. The van der Waals surface area contributed by atoms with E-state index >= 15 is 0 Å². The number of para-hydroxylation sites is 1. The Balaban J connectivity index is 1.85. The van der Waals surface area contributed by atoms with E-state index in [1.165, 1.54) is 6.07 Å². The van der Waals surface area contributed by atoms with Crippen molar-refractivity contribution >= 4 is 45.2 Å². The number of halogens is 2. The van der Waals surface area contributed by atoms with E-state index in [1.807, 2.05) is 24.3 Å². The molecule has 0 saturated carbocycles. The average molecular weight is 354 g/mol. The van der Waals surface area contributed by atoms with Gasteiger partial charge in [0.25, 0.3) is 0 Å². The van der Waals surface area contributed by atoms with Crippen LogP contribution in [-0.2, 0) is 0 Å². The van der Waals surface area contributed by atoms with Crippen molar-refractivity contribution in [1.82, 2.24) is 0 Å². The Kier molecular flexibility index (Phi) is 3.54. The van der Waals surface area contributed by atoms with Gasteiger partial charge in [-0.1, -0.05) is 12.1 Å². The number of anilines is 2. The maximum absolute atomic E-state index is 13.2. The Morgan fingerprint density at radius 2 is 2.10 bits per heavy atom. The lowest BCUT2D eigenvalue weighted by molar-refractivity contribution is 0.470. The van der Waals surface area contributed by atoms with Crippen LogP contribution in [0.25, 0.3) is 0 Å². The Morgan fingerprint density at radius 3 is 2.90 bits per heavy atom. The molecular weight excluding hydrogens is 345 g/mol. The second-order valence-corrected chi connectivity index (χ2v) is 5.72. The monoisotopic (exact) mass is 353 g/mol. The van der Waals surface area contributed by atoms with Gasteiger partial charge in [-0.3, -0.25) is 0 Å². The molecule has 3 N–H and O–H groups in total. The van der Waals surface area contributed by atoms with E-state index in [1.54, 1.807) is 0 Å². The van der Waals surface area contributed by atoms with Gasteiger partial charge in [-0.25, -0.2) is 4.39 Å². The first-order valence-corrected chi connectivity index (χ1v) is 7.26. The predicted molar refractivity (Wildman–Crippen MR) is 82.7 cm³/mol. The van der Waals surface area contributed by atoms with Crippen LogP contribution < -0.4 is 10.6 Å². The maximum atomic E-state index is 13.2. The molecule has 0 fully saturated rings. The molecule has 1 aliphatic heterocycles. The topological polar surface area (TPSA) is 56.6 Å². The number of hydrogen-bond donors (Lipinski definition) is 3. The van der Waals surface area contributed by atoms with E-state index in [2.05, 4.69) is 31.0 Å². The summed E-state index contributed by atoms with van der Waals surface area (Å²) in [5.74, 6) is -0.168. The summed E-state index contributed by atoms with van der Waals surface area (Å²) in [4.78, 5) is 0.542. The van der Waals surface area contributed by atoms with E-state index in [4.69, 9.17) is 0 Å². The van der Waals surface area contributed by atoms with Crippen molar-refractivity contribution in [3.05, 3.63) is 46.7 Å². The number of phenols is 1. The van der Waals surface area contributed by atoms with Gasteiger partial charge in [0, 0.05) is 22.5 Å². The zero-order valence-electron chi connectivity index (χ0n) is 10.0. The Bertz CT molecular complexity index is 708. The highest BCUT2D eigenvalue weighted by atomic mass is 79.9. The van der Waals surface area contributed by atoms with Crippen molar-refractivity contribution in [2.75, 3.05) is 10.6 Å². The third-order valence-electron chi connectivity index (χ3n) is 2.65. The van der Waals surface area contributed by atoms with E-state index in [0.717, 1.165) is 28.2 Å². The Labute approximate surface area is 127 Å². The van der Waals surface area contributed by atoms with E-state index in [9.17, 15) is 9.50 Å². The van der Waals surface area contributed by atoms with Crippen molar-refractivity contribution in [3.8, 4) is 5.75 Å². The van der Waals surface area contributed by atoms with Crippen LogP contribution in [0.1, 0.15) is 0 Å². The van der Waals surface area contributed by atoms with E-state index in [0.29, 0.717) is 16.5 Å². The van der Waals surface area contributed by atoms with Gasteiger partial charge in [0.2, 0.25) is 5.96 Å². The number of phenolic OH excluding ortho intramolecular Hbond substituents is 1. The number of hydrogen-bond acceptors (Lipinski definition) is 5. The lowest BCUT2D eigenvalue weighted by atomic mass is 10.3. The van der Waals surface area contributed by atoms with Crippen LogP contribution in [-0.4, -0.2) is 11.1 Å². The predicted octanol–water partition coefficient (Wildman–Crippen LogP) is 4.19. The van der Waals surface area contributed by atoms with Crippen LogP contribution >= 0.6 is 27.9 Å². The van der Waals surface area contributed by atoms with Gasteiger partial charge >= 0.3 is 0 Å². The minimum Gasteiger partial charge on any atom is -0.506 e. The number of fused-ring (bicyclic) bond motifs is 1. The summed E-state index contributed by atoms with van der Waals surface area (Å²) in [6.45, 7) is 0. The molecule has 0 aromatic heterocycles. The quantitative estimate of drug-likeness (QED) is 0.531. The van der Waals surface area contributed by atoms with Gasteiger partial charge in [0.1, 0.15) is 11.6 Å². The molecular formula is C13H9BrFN3OS. The van der Waals surface area contributed by atoms with Crippen LogP contribution in [0.2, 0.25) is 0 Å². The number of benzene rings is 2. The Hall–Kier alpha value is -1.73. The maximum Gasteiger partial charge on any atom is 0.212 e. The molecule has 0 spiro atoms. The van der Waals surface area contributed by atoms with E-state index < -0.39 is 5.82 Å². The van der Waals surface area contributed by atoms with Gasteiger partial charge in [0.15, 0.2) is 0 Å². The molecule has 0 unspecified atom stereocenters. The standard InChI is InChI=1S/C13H9BrFN3OS/c14-8-3-1-2-4-9(8)16-13-17-12-10(19)5-7(15)6-11(12)20-18-13/h1-6,19H,(H2,16,17,18). The fourth-order valence-electron chi connectivity index (χ4n) is 1.75. The molecule has 4 nitrogen and oxygen atoms in total. The van der Waals surface area contributed by atoms with Crippen molar-refractivity contribution in [1.29, 1.82) is 0 Å². The minimum atomic E-state index is -0.493. The van der Waals surface area contributed by atoms with Gasteiger partial charge in [-0.05, 0) is 34.1 Å². The van der Waals surface area contributed by atoms with Crippen LogP contribution in [0, 0.1) is 5.82 Å². The largest absolute Gasteiger partial charge is 0.506 e. The molecule has 20 heavy (non-hydrogen) atoms. The molecule has 1 aliphatic rings. The first kappa shape index (κ1) is 13.3. The summed E-state index contributed by atoms with van der Waals surface area (Å²) in [5.41, 5.74) is 1.28. The number of nitrogens with one attached hydrogen (secondary N) is 2. The van der Waals surface area contributed by atoms with Gasteiger partial charge < -0.3 is 15.7 Å². The molecule has 0 aliphatic carbocycles. The lowest BCUT2D eigenvalue weighted by Gasteiger charge is -2.19. The summed E-state index contributed by atoms with van der Waals surface area (Å²) in [5, 5.41) is 15.8. The number of nitrogens with zero attached hydrogens (tertiary/aromatic N) is 1. The molecule has 0 bridgehead atoms. The minimum absolute atomic E-state index is 0.145. The van der Waals surface area contributed by atoms with E-state index in [-0.39, 0.29) is 5.75 Å². The molecule has 0 radical (unpaired) electrons. The first-order chi connectivity index (χ1) is 9.63. The summed E-state index contributed by atoms with van der Waals surface area (Å²) in [6.07, 6.45) is 0. The fraction of sp³-hybridized carbons (Fsp3) is 0. The number of rotatable bonds is 1. The first-order valence-electron chi connectivity index (χ1n) is 5.69. The second-order valence-electron chi connectivity index (χ2n) is 4.06. The summed E-state index contributed by atoms with van der Waals surface area (Å²) in [6, 6.07) is 9.98. The zero-order chi connectivity index (χ0) is 14.1. The van der Waals surface area contributed by atoms with Crippen molar-refractivity contribution in [3.63, 3.8) is 0 Å². The zero-order valence-corrected chi connectivity index (χ0v) is 12.4. The summed E-state index contributed by atoms with van der Waals surface area (Å²) in [7, 11) is 0. The fourth-order valence-corrected chi connectivity index (χ4v) is 2.82. The van der Waals surface area contributed by atoms with Crippen molar-refractivity contribution in [2.24, 2.45) is 4.40 Å². The average Bonchev–Trinajstić information content (AvgIpc) is 2.42. The smallest absolute Gasteiger partial charge is 0.212 e. The molecule has 2 aromatic carbocycles. The van der Waals surface area contributed by atoms with Crippen LogP contribution in [0.3, 0.4) is 0 Å². The number of aromatic hydroxyl groups is 1. The SMILES string of the molecule is Oc1cc(F)cc2c1NC(Nc1ccccc1Br)=NS2. The highest BCUT2D eigenvalue weighted by Gasteiger charge is 2.18. The molecule has 3 rings (SSSR count). The molecule has 2 aromatic rings. The highest BCUT2D eigenvalue weighted by molar-refractivity contribution is 9.10. The van der Waals surface area contributed by atoms with Crippen LogP contribution in [0.5, 0.6) is 5.75 Å².